The first kappa shape index (κ1) is 19.3. The predicted octanol–water partition coefficient (Wildman–Crippen LogP) is 3.81. The largest absolute Gasteiger partial charge is 0.393 e. The number of carbonyl (C=O) groups excluding carboxylic acids is 2. The van der Waals surface area contributed by atoms with Crippen LogP contribution in [0.3, 0.4) is 0 Å². The minimum atomic E-state index is -0.222. The van der Waals surface area contributed by atoms with E-state index in [1.807, 2.05) is 35.2 Å². The van der Waals surface area contributed by atoms with Gasteiger partial charge in [-0.3, -0.25) is 9.59 Å². The van der Waals surface area contributed by atoms with Crippen molar-refractivity contribution in [1.29, 1.82) is 0 Å². The van der Waals surface area contributed by atoms with E-state index in [9.17, 15) is 14.7 Å². The minimum Gasteiger partial charge on any atom is -0.393 e. The molecule has 2 saturated carbocycles. The first-order chi connectivity index (χ1) is 14.5. The maximum Gasteiger partial charge on any atom is 0.254 e. The minimum absolute atomic E-state index is 0.0132. The smallest absolute Gasteiger partial charge is 0.254 e. The molecule has 0 saturated heterocycles. The fourth-order valence-electron chi connectivity index (χ4n) is 4.75. The highest BCUT2D eigenvalue weighted by molar-refractivity contribution is 6.00. The zero-order chi connectivity index (χ0) is 20.8. The number of benzene rings is 2. The van der Waals surface area contributed by atoms with Crippen molar-refractivity contribution in [2.75, 3.05) is 0 Å². The summed E-state index contributed by atoms with van der Waals surface area (Å²) in [7, 11) is 0. The molecule has 5 rings (SSSR count). The fourth-order valence-corrected chi connectivity index (χ4v) is 4.75. The molecule has 2 aliphatic carbocycles. The average Bonchev–Trinajstić information content (AvgIpc) is 3.50. The van der Waals surface area contributed by atoms with Crippen LogP contribution in [-0.2, 0) is 6.54 Å². The number of fused-ring (bicyclic) bond motifs is 1. The van der Waals surface area contributed by atoms with Crippen molar-refractivity contribution in [1.82, 2.24) is 10.2 Å². The number of aliphatic hydroxyl groups excluding tert-OH is 1. The number of hydrogen-bond acceptors (Lipinski definition) is 3. The Labute approximate surface area is 177 Å². The second kappa shape index (κ2) is 7.55. The highest BCUT2D eigenvalue weighted by Crippen LogP contribution is 2.34. The lowest BCUT2D eigenvalue weighted by atomic mass is 9.92. The maximum absolute atomic E-state index is 13.0. The Morgan fingerprint density at radius 3 is 2.50 bits per heavy atom. The second-order valence-electron chi connectivity index (χ2n) is 9.04. The van der Waals surface area contributed by atoms with E-state index in [1.54, 1.807) is 0 Å². The summed E-state index contributed by atoms with van der Waals surface area (Å²) in [6.07, 6.45) is 5.19. The summed E-state index contributed by atoms with van der Waals surface area (Å²) in [5.74, 6) is 0.0907. The Morgan fingerprint density at radius 2 is 1.77 bits per heavy atom. The summed E-state index contributed by atoms with van der Waals surface area (Å²) >= 11 is 0. The van der Waals surface area contributed by atoms with Gasteiger partial charge in [0.2, 0.25) is 0 Å². The molecule has 2 aromatic carbocycles. The SMILES string of the molecule is Cc1ccc(C(=O)NC2CC2)cc1-c1ccc2c(c1)CN([C@H]1CC[C@H](O)CC1)C2=O. The number of nitrogens with one attached hydrogen (secondary N) is 1. The first-order valence-electron chi connectivity index (χ1n) is 11.0. The molecule has 2 aromatic rings. The summed E-state index contributed by atoms with van der Waals surface area (Å²) < 4.78 is 0. The number of rotatable bonds is 4. The van der Waals surface area contributed by atoms with Crippen LogP contribution in [0.1, 0.15) is 70.4 Å². The molecule has 156 valence electrons. The van der Waals surface area contributed by atoms with Crippen LogP contribution in [0.4, 0.5) is 0 Å². The van der Waals surface area contributed by atoms with Gasteiger partial charge in [-0.2, -0.15) is 0 Å². The zero-order valence-corrected chi connectivity index (χ0v) is 17.4. The van der Waals surface area contributed by atoms with E-state index in [1.165, 1.54) is 0 Å². The van der Waals surface area contributed by atoms with E-state index in [0.29, 0.717) is 18.2 Å². The fraction of sp³-hybridized carbons (Fsp3) is 0.440. The molecule has 0 spiro atoms. The van der Waals surface area contributed by atoms with E-state index < -0.39 is 0 Å². The van der Waals surface area contributed by atoms with Gasteiger partial charge in [0, 0.05) is 29.8 Å². The molecule has 0 atom stereocenters. The van der Waals surface area contributed by atoms with E-state index in [2.05, 4.69) is 18.3 Å². The van der Waals surface area contributed by atoms with Crippen molar-refractivity contribution < 1.29 is 14.7 Å². The molecule has 2 N–H and O–H groups in total. The summed E-state index contributed by atoms with van der Waals surface area (Å²) in [6.45, 7) is 2.68. The lowest BCUT2D eigenvalue weighted by Crippen LogP contribution is -2.39. The lowest BCUT2D eigenvalue weighted by Gasteiger charge is -2.32. The number of aryl methyl sites for hydroxylation is 1. The topological polar surface area (TPSA) is 69.6 Å². The molecular weight excluding hydrogens is 376 g/mol. The van der Waals surface area contributed by atoms with Gasteiger partial charge in [0.05, 0.1) is 6.10 Å². The van der Waals surface area contributed by atoms with Crippen LogP contribution >= 0.6 is 0 Å². The van der Waals surface area contributed by atoms with Gasteiger partial charge in [-0.25, -0.2) is 0 Å². The molecule has 1 heterocycles. The molecule has 5 heteroatoms. The van der Waals surface area contributed by atoms with Gasteiger partial charge in [-0.1, -0.05) is 12.1 Å². The van der Waals surface area contributed by atoms with Gasteiger partial charge in [0.1, 0.15) is 0 Å². The monoisotopic (exact) mass is 404 g/mol. The average molecular weight is 405 g/mol. The van der Waals surface area contributed by atoms with Gasteiger partial charge < -0.3 is 15.3 Å². The van der Waals surface area contributed by atoms with Crippen molar-refractivity contribution in [2.45, 2.75) is 70.2 Å². The highest BCUT2D eigenvalue weighted by atomic mass is 16.3. The van der Waals surface area contributed by atoms with Crippen molar-refractivity contribution in [2.24, 2.45) is 0 Å². The Bertz CT molecular complexity index is 1000. The van der Waals surface area contributed by atoms with Gasteiger partial charge >= 0.3 is 0 Å². The molecular formula is C25H28N2O3. The third-order valence-electron chi connectivity index (χ3n) is 6.77. The lowest BCUT2D eigenvalue weighted by molar-refractivity contribution is 0.0519. The number of nitrogens with zero attached hydrogens (tertiary/aromatic N) is 1. The summed E-state index contributed by atoms with van der Waals surface area (Å²) in [5, 5.41) is 12.8. The predicted molar refractivity (Wildman–Crippen MR) is 115 cm³/mol. The summed E-state index contributed by atoms with van der Waals surface area (Å²) in [6, 6.07) is 12.4. The van der Waals surface area contributed by atoms with Crippen LogP contribution in [0.5, 0.6) is 0 Å². The number of hydrogen-bond donors (Lipinski definition) is 2. The molecule has 2 fully saturated rings. The maximum atomic E-state index is 13.0. The molecule has 3 aliphatic rings. The van der Waals surface area contributed by atoms with Crippen molar-refractivity contribution in [3.63, 3.8) is 0 Å². The van der Waals surface area contributed by atoms with Crippen LogP contribution in [0.2, 0.25) is 0 Å². The number of carbonyl (C=O) groups is 2. The Balaban J connectivity index is 1.40. The molecule has 5 nitrogen and oxygen atoms in total. The molecule has 0 radical (unpaired) electrons. The third-order valence-corrected chi connectivity index (χ3v) is 6.77. The molecule has 2 amide bonds. The molecule has 0 unspecified atom stereocenters. The standard InChI is InChI=1S/C25H28N2O3/c1-15-2-3-17(24(29)26-19-5-6-19)13-23(15)16-4-11-22-18(12-16)14-27(25(22)30)20-7-9-21(28)10-8-20/h2-4,11-13,19-21,28H,5-10,14H2,1H3,(H,26,29)/t20-,21-. The van der Waals surface area contributed by atoms with Crippen molar-refractivity contribution >= 4 is 11.8 Å². The van der Waals surface area contributed by atoms with Crippen molar-refractivity contribution in [3.8, 4) is 11.1 Å². The van der Waals surface area contributed by atoms with E-state index in [0.717, 1.165) is 66.3 Å². The van der Waals surface area contributed by atoms with Crippen LogP contribution < -0.4 is 5.32 Å². The third kappa shape index (κ3) is 3.63. The van der Waals surface area contributed by atoms with E-state index in [-0.39, 0.29) is 24.0 Å². The Morgan fingerprint density at radius 1 is 1.00 bits per heavy atom. The first-order valence-corrected chi connectivity index (χ1v) is 11.0. The molecule has 0 aromatic heterocycles. The number of amides is 2. The van der Waals surface area contributed by atoms with Crippen LogP contribution in [-0.4, -0.2) is 40.0 Å². The van der Waals surface area contributed by atoms with Gasteiger partial charge in [0.25, 0.3) is 11.8 Å². The van der Waals surface area contributed by atoms with Gasteiger partial charge in [-0.05, 0) is 92.0 Å². The molecule has 30 heavy (non-hydrogen) atoms. The van der Waals surface area contributed by atoms with E-state index >= 15 is 0 Å². The number of aliphatic hydroxyl groups is 1. The normalized spacial score (nSPS) is 23.4. The van der Waals surface area contributed by atoms with Crippen LogP contribution in [0.15, 0.2) is 36.4 Å². The Hall–Kier alpha value is -2.66. The van der Waals surface area contributed by atoms with Gasteiger partial charge in [-0.15, -0.1) is 0 Å². The van der Waals surface area contributed by atoms with Crippen LogP contribution in [0.25, 0.3) is 11.1 Å². The molecule has 0 bridgehead atoms. The molecule has 1 aliphatic heterocycles. The Kier molecular flexibility index (Phi) is 4.86. The summed E-state index contributed by atoms with van der Waals surface area (Å²) in [5.41, 5.74) is 5.71. The zero-order valence-electron chi connectivity index (χ0n) is 17.4. The second-order valence-corrected chi connectivity index (χ2v) is 9.04. The van der Waals surface area contributed by atoms with Gasteiger partial charge in [0.15, 0.2) is 0 Å². The highest BCUT2D eigenvalue weighted by Gasteiger charge is 2.34. The van der Waals surface area contributed by atoms with Crippen LogP contribution in [0, 0.1) is 6.92 Å². The van der Waals surface area contributed by atoms with E-state index in [4.69, 9.17) is 0 Å². The summed E-state index contributed by atoms with van der Waals surface area (Å²) in [4.78, 5) is 27.4. The van der Waals surface area contributed by atoms with Crippen molar-refractivity contribution in [3.05, 3.63) is 58.7 Å². The quantitative estimate of drug-likeness (QED) is 0.814.